The summed E-state index contributed by atoms with van der Waals surface area (Å²) in [6.45, 7) is 3.88. The highest BCUT2D eigenvalue weighted by molar-refractivity contribution is 6.06. The molecule has 0 radical (unpaired) electrons. The maximum atomic E-state index is 13.8. The van der Waals surface area contributed by atoms with E-state index >= 15 is 0 Å². The number of likely N-dealkylation sites (N-methyl/N-ethyl adjacent to an activating group) is 1. The third-order valence-electron chi connectivity index (χ3n) is 5.69. The SMILES string of the molecule is Cc1nc(N2CCC(N(C)C)C2)ncc1-n1c2ccc(F)cc2c2[nH]ncc21. The highest BCUT2D eigenvalue weighted by Crippen LogP contribution is 2.32. The van der Waals surface area contributed by atoms with Gasteiger partial charge in [0.15, 0.2) is 0 Å². The van der Waals surface area contributed by atoms with E-state index in [0.717, 1.165) is 58.8 Å². The van der Waals surface area contributed by atoms with Crippen LogP contribution in [0.4, 0.5) is 10.3 Å². The Hall–Kier alpha value is -3.00. The summed E-state index contributed by atoms with van der Waals surface area (Å²) in [6, 6.07) is 5.31. The molecular formula is C20H22FN7. The molecule has 0 spiro atoms. The lowest BCUT2D eigenvalue weighted by molar-refractivity contribution is 0.315. The van der Waals surface area contributed by atoms with Crippen molar-refractivity contribution in [3.8, 4) is 5.69 Å². The van der Waals surface area contributed by atoms with Crippen LogP contribution < -0.4 is 4.90 Å². The molecule has 1 atom stereocenters. The van der Waals surface area contributed by atoms with Crippen molar-refractivity contribution in [1.29, 1.82) is 0 Å². The maximum absolute atomic E-state index is 13.8. The van der Waals surface area contributed by atoms with Crippen LogP contribution in [0.15, 0.2) is 30.6 Å². The molecular weight excluding hydrogens is 357 g/mol. The van der Waals surface area contributed by atoms with Crippen molar-refractivity contribution in [2.75, 3.05) is 32.1 Å². The van der Waals surface area contributed by atoms with Crippen LogP contribution in [0.5, 0.6) is 0 Å². The van der Waals surface area contributed by atoms with Gasteiger partial charge in [-0.05, 0) is 45.6 Å². The smallest absolute Gasteiger partial charge is 0.225 e. The van der Waals surface area contributed by atoms with Crippen LogP contribution in [0.1, 0.15) is 12.1 Å². The summed E-state index contributed by atoms with van der Waals surface area (Å²) >= 11 is 0. The van der Waals surface area contributed by atoms with Crippen LogP contribution in [0.25, 0.3) is 27.6 Å². The molecule has 1 aliphatic heterocycles. The number of aromatic amines is 1. The molecule has 1 N–H and O–H groups in total. The fourth-order valence-electron chi connectivity index (χ4n) is 4.11. The van der Waals surface area contributed by atoms with Gasteiger partial charge in [-0.2, -0.15) is 5.10 Å². The summed E-state index contributed by atoms with van der Waals surface area (Å²) in [7, 11) is 4.22. The molecule has 3 aromatic heterocycles. The zero-order chi connectivity index (χ0) is 19.4. The number of aromatic nitrogens is 5. The van der Waals surface area contributed by atoms with E-state index in [4.69, 9.17) is 4.98 Å². The third-order valence-corrected chi connectivity index (χ3v) is 5.69. The Morgan fingerprint density at radius 2 is 2.07 bits per heavy atom. The third kappa shape index (κ3) is 2.56. The van der Waals surface area contributed by atoms with Gasteiger partial charge in [-0.15, -0.1) is 0 Å². The Bertz CT molecular complexity index is 1180. The molecule has 1 fully saturated rings. The lowest BCUT2D eigenvalue weighted by atomic mass is 10.2. The topological polar surface area (TPSA) is 65.9 Å². The summed E-state index contributed by atoms with van der Waals surface area (Å²) in [4.78, 5) is 13.9. The van der Waals surface area contributed by atoms with Crippen molar-refractivity contribution in [3.63, 3.8) is 0 Å². The second kappa shape index (κ2) is 6.27. The molecule has 4 aromatic rings. The molecule has 144 valence electrons. The highest BCUT2D eigenvalue weighted by atomic mass is 19.1. The van der Waals surface area contributed by atoms with Gasteiger partial charge in [0.2, 0.25) is 5.95 Å². The van der Waals surface area contributed by atoms with Gasteiger partial charge in [-0.3, -0.25) is 5.10 Å². The van der Waals surface area contributed by atoms with Gasteiger partial charge in [-0.1, -0.05) is 0 Å². The largest absolute Gasteiger partial charge is 0.339 e. The standard InChI is InChI=1S/C20H22FN7/c1-12-17(9-22-20(24-12)27-7-6-14(11-27)26(2)3)28-16-5-4-13(21)8-15(16)19-18(28)10-23-25-19/h4-5,8-10,14H,6-7,11H2,1-3H3,(H,23,25). The molecule has 1 unspecified atom stereocenters. The van der Waals surface area contributed by atoms with Crippen molar-refractivity contribution >= 4 is 27.9 Å². The average molecular weight is 379 g/mol. The van der Waals surface area contributed by atoms with E-state index < -0.39 is 0 Å². The van der Waals surface area contributed by atoms with E-state index in [0.29, 0.717) is 6.04 Å². The van der Waals surface area contributed by atoms with Crippen molar-refractivity contribution in [1.82, 2.24) is 29.6 Å². The number of halogens is 1. The highest BCUT2D eigenvalue weighted by Gasteiger charge is 2.26. The van der Waals surface area contributed by atoms with E-state index in [9.17, 15) is 4.39 Å². The number of benzene rings is 1. The first-order chi connectivity index (χ1) is 13.5. The molecule has 0 bridgehead atoms. The molecule has 28 heavy (non-hydrogen) atoms. The molecule has 1 saturated heterocycles. The maximum Gasteiger partial charge on any atom is 0.225 e. The molecule has 0 saturated carbocycles. The molecule has 4 heterocycles. The van der Waals surface area contributed by atoms with E-state index in [2.05, 4.69) is 39.1 Å². The molecule has 0 amide bonds. The Balaban J connectivity index is 1.60. The first kappa shape index (κ1) is 17.1. The zero-order valence-electron chi connectivity index (χ0n) is 16.1. The van der Waals surface area contributed by atoms with Crippen molar-refractivity contribution in [2.45, 2.75) is 19.4 Å². The van der Waals surface area contributed by atoms with Crippen molar-refractivity contribution < 1.29 is 4.39 Å². The second-order valence-corrected chi connectivity index (χ2v) is 7.62. The monoisotopic (exact) mass is 379 g/mol. The number of anilines is 1. The summed E-state index contributed by atoms with van der Waals surface area (Å²) in [5.74, 6) is 0.491. The van der Waals surface area contributed by atoms with Crippen molar-refractivity contribution in [2.24, 2.45) is 0 Å². The van der Waals surface area contributed by atoms with E-state index in [1.807, 2.05) is 17.7 Å². The molecule has 0 aliphatic carbocycles. The minimum atomic E-state index is -0.269. The van der Waals surface area contributed by atoms with E-state index in [1.54, 1.807) is 12.3 Å². The van der Waals surface area contributed by atoms with E-state index in [-0.39, 0.29) is 5.82 Å². The lowest BCUT2D eigenvalue weighted by Gasteiger charge is -2.21. The van der Waals surface area contributed by atoms with Crippen LogP contribution >= 0.6 is 0 Å². The first-order valence-electron chi connectivity index (χ1n) is 9.41. The molecule has 5 rings (SSSR count). The molecule has 8 heteroatoms. The van der Waals surface area contributed by atoms with E-state index in [1.165, 1.54) is 12.1 Å². The number of H-pyrrole nitrogens is 1. The predicted octanol–water partition coefficient (Wildman–Crippen LogP) is 2.88. The molecule has 1 aliphatic rings. The normalized spacial score (nSPS) is 17.5. The van der Waals surface area contributed by atoms with Gasteiger partial charge in [0.05, 0.1) is 40.3 Å². The first-order valence-corrected chi connectivity index (χ1v) is 9.41. The fraction of sp³-hybridized carbons (Fsp3) is 0.350. The quantitative estimate of drug-likeness (QED) is 0.593. The van der Waals surface area contributed by atoms with Crippen LogP contribution in [0.3, 0.4) is 0 Å². The number of hydrogen-bond acceptors (Lipinski definition) is 5. The Morgan fingerprint density at radius 1 is 1.21 bits per heavy atom. The second-order valence-electron chi connectivity index (χ2n) is 7.62. The lowest BCUT2D eigenvalue weighted by Crippen LogP contribution is -2.32. The number of nitrogens with zero attached hydrogens (tertiary/aromatic N) is 6. The minimum Gasteiger partial charge on any atom is -0.339 e. The van der Waals surface area contributed by atoms with Crippen LogP contribution in [0.2, 0.25) is 0 Å². The number of hydrogen-bond donors (Lipinski definition) is 1. The Labute approximate surface area is 161 Å². The van der Waals surface area contributed by atoms with Crippen LogP contribution in [0, 0.1) is 12.7 Å². The Kier molecular flexibility index (Phi) is 3.83. The summed E-state index contributed by atoms with van der Waals surface area (Å²) in [5.41, 5.74) is 4.35. The number of aryl methyl sites for hydroxylation is 1. The van der Waals surface area contributed by atoms with Gasteiger partial charge in [0.1, 0.15) is 5.82 Å². The van der Waals surface area contributed by atoms with Gasteiger partial charge in [0.25, 0.3) is 0 Å². The fourth-order valence-corrected chi connectivity index (χ4v) is 4.11. The number of nitrogens with one attached hydrogen (secondary N) is 1. The molecule has 1 aromatic carbocycles. The zero-order valence-corrected chi connectivity index (χ0v) is 16.1. The molecule has 7 nitrogen and oxygen atoms in total. The Morgan fingerprint density at radius 3 is 2.82 bits per heavy atom. The van der Waals surface area contributed by atoms with Gasteiger partial charge in [0, 0.05) is 24.5 Å². The van der Waals surface area contributed by atoms with Gasteiger partial charge < -0.3 is 14.4 Å². The number of rotatable bonds is 3. The van der Waals surface area contributed by atoms with Gasteiger partial charge in [-0.25, -0.2) is 14.4 Å². The summed E-state index contributed by atoms with van der Waals surface area (Å²) in [6.07, 6.45) is 4.72. The minimum absolute atomic E-state index is 0.269. The average Bonchev–Trinajstić information content (AvgIpc) is 3.38. The van der Waals surface area contributed by atoms with Gasteiger partial charge >= 0.3 is 0 Å². The summed E-state index contributed by atoms with van der Waals surface area (Å²) < 4.78 is 15.8. The number of fused-ring (bicyclic) bond motifs is 3. The van der Waals surface area contributed by atoms with Crippen molar-refractivity contribution in [3.05, 3.63) is 42.1 Å². The summed E-state index contributed by atoms with van der Waals surface area (Å²) in [5, 5.41) is 7.92. The predicted molar refractivity (Wildman–Crippen MR) is 108 cm³/mol. The van der Waals surface area contributed by atoms with Crippen LogP contribution in [-0.4, -0.2) is 62.9 Å². The van der Waals surface area contributed by atoms with Crippen LogP contribution in [-0.2, 0) is 0 Å².